The minimum atomic E-state index is -1.03. The number of nitrogens with one attached hydrogen (secondary N) is 1. The Kier molecular flexibility index (Phi) is 5.09. The Balaban J connectivity index is 2.24. The highest BCUT2D eigenvalue weighted by molar-refractivity contribution is 5.80. The Labute approximate surface area is 153 Å². The minimum absolute atomic E-state index is 0.0140. The molecule has 27 heavy (non-hydrogen) atoms. The van der Waals surface area contributed by atoms with Gasteiger partial charge < -0.3 is 25.0 Å². The first-order valence-electron chi connectivity index (χ1n) is 8.15. The molecule has 0 spiro atoms. The minimum Gasteiger partial charge on any atom is -0.502 e. The number of primary amides is 1. The highest BCUT2D eigenvalue weighted by Crippen LogP contribution is 2.32. The molecule has 3 aromatic rings. The first kappa shape index (κ1) is 18.4. The highest BCUT2D eigenvalue weighted by Gasteiger charge is 2.27. The third kappa shape index (κ3) is 3.75. The van der Waals surface area contributed by atoms with Crippen molar-refractivity contribution in [1.82, 2.24) is 4.98 Å². The number of fused-ring (bicyclic) bond motifs is 1. The summed E-state index contributed by atoms with van der Waals surface area (Å²) in [6.07, 6.45) is -0.325. The van der Waals surface area contributed by atoms with E-state index in [1.165, 1.54) is 7.11 Å². The summed E-state index contributed by atoms with van der Waals surface area (Å²) in [7, 11) is 1.42. The molecule has 0 aliphatic rings. The molecule has 0 bridgehead atoms. The molecule has 140 valence electrons. The van der Waals surface area contributed by atoms with Crippen LogP contribution in [-0.2, 0) is 16.1 Å². The quantitative estimate of drug-likeness (QED) is 0.599. The first-order chi connectivity index (χ1) is 12.9. The van der Waals surface area contributed by atoms with Crippen LogP contribution in [0.4, 0.5) is 0 Å². The maximum Gasteiger partial charge on any atom is 0.252 e. The van der Waals surface area contributed by atoms with Gasteiger partial charge in [0.15, 0.2) is 5.76 Å². The van der Waals surface area contributed by atoms with Crippen molar-refractivity contribution in [3.8, 4) is 5.75 Å². The zero-order valence-corrected chi connectivity index (χ0v) is 14.5. The van der Waals surface area contributed by atoms with Gasteiger partial charge in [0.25, 0.3) is 5.56 Å². The lowest BCUT2D eigenvalue weighted by atomic mass is 9.92. The van der Waals surface area contributed by atoms with Gasteiger partial charge in [-0.05, 0) is 17.5 Å². The predicted molar refractivity (Wildman–Crippen MR) is 97.6 cm³/mol. The number of pyridine rings is 1. The van der Waals surface area contributed by atoms with Crippen LogP contribution in [0.15, 0.2) is 50.4 Å². The van der Waals surface area contributed by atoms with Crippen molar-refractivity contribution < 1.29 is 19.1 Å². The third-order valence-corrected chi connectivity index (χ3v) is 4.17. The second kappa shape index (κ2) is 7.46. The number of rotatable bonds is 6. The molecule has 3 rings (SSSR count). The Morgan fingerprint density at radius 1 is 1.30 bits per heavy atom. The van der Waals surface area contributed by atoms with Crippen molar-refractivity contribution in [3.63, 3.8) is 0 Å². The maximum absolute atomic E-state index is 12.6. The summed E-state index contributed by atoms with van der Waals surface area (Å²) in [6.45, 7) is -0.0140. The van der Waals surface area contributed by atoms with Crippen molar-refractivity contribution in [2.45, 2.75) is 18.9 Å². The molecule has 1 amide bonds. The summed E-state index contributed by atoms with van der Waals surface area (Å²) in [6, 6.07) is 9.77. The molecule has 0 aliphatic heterocycles. The second-order valence-corrected chi connectivity index (χ2v) is 6.09. The standard InChI is InChI=1S/C19H18N2O6/c1-26-9-11-7-15(22)17(24)18(27-11)12(8-16(20)23)13-6-10-4-2-3-5-14(10)21-19(13)25/h2-7,12,24H,8-9H2,1H3,(H2,20,23)(H,21,25)/t12-/m0/s1. The summed E-state index contributed by atoms with van der Waals surface area (Å²) in [5, 5.41) is 10.9. The van der Waals surface area contributed by atoms with Crippen LogP contribution in [-0.4, -0.2) is 23.1 Å². The average molecular weight is 370 g/mol. The molecule has 0 saturated carbocycles. The van der Waals surface area contributed by atoms with E-state index in [0.717, 1.165) is 11.5 Å². The lowest BCUT2D eigenvalue weighted by molar-refractivity contribution is -0.118. The van der Waals surface area contributed by atoms with E-state index in [0.29, 0.717) is 5.52 Å². The number of ether oxygens (including phenoxy) is 1. The molecule has 8 nitrogen and oxygen atoms in total. The molecule has 2 aromatic heterocycles. The number of benzene rings is 1. The number of aromatic hydroxyl groups is 1. The summed E-state index contributed by atoms with van der Waals surface area (Å²) in [5.74, 6) is -2.46. The Bertz CT molecular complexity index is 1120. The highest BCUT2D eigenvalue weighted by atomic mass is 16.5. The summed E-state index contributed by atoms with van der Waals surface area (Å²) in [4.78, 5) is 39.0. The van der Waals surface area contributed by atoms with Crippen molar-refractivity contribution in [2.24, 2.45) is 5.73 Å². The van der Waals surface area contributed by atoms with Crippen LogP contribution < -0.4 is 16.7 Å². The van der Waals surface area contributed by atoms with Gasteiger partial charge in [0.1, 0.15) is 12.4 Å². The number of H-pyrrole nitrogens is 1. The van der Waals surface area contributed by atoms with Gasteiger partial charge in [-0.15, -0.1) is 0 Å². The number of carbonyl (C=O) groups excluding carboxylic acids is 1. The maximum atomic E-state index is 12.6. The van der Waals surface area contributed by atoms with Crippen LogP contribution in [0.1, 0.15) is 29.4 Å². The van der Waals surface area contributed by atoms with Gasteiger partial charge in [0.2, 0.25) is 17.1 Å². The number of aromatic nitrogens is 1. The van der Waals surface area contributed by atoms with Crippen LogP contribution in [0.2, 0.25) is 0 Å². The molecule has 0 unspecified atom stereocenters. The summed E-state index contributed by atoms with van der Waals surface area (Å²) in [5.41, 5.74) is 4.93. The van der Waals surface area contributed by atoms with Crippen LogP contribution in [0.5, 0.6) is 5.75 Å². The van der Waals surface area contributed by atoms with Gasteiger partial charge in [-0.25, -0.2) is 0 Å². The molecule has 1 aromatic carbocycles. The van der Waals surface area contributed by atoms with Gasteiger partial charge >= 0.3 is 0 Å². The molecule has 0 aliphatic carbocycles. The van der Waals surface area contributed by atoms with Crippen LogP contribution >= 0.6 is 0 Å². The smallest absolute Gasteiger partial charge is 0.252 e. The molecule has 0 fully saturated rings. The molecule has 2 heterocycles. The molecular formula is C19H18N2O6. The number of para-hydroxylation sites is 1. The Morgan fingerprint density at radius 3 is 2.74 bits per heavy atom. The number of methoxy groups -OCH3 is 1. The molecule has 0 radical (unpaired) electrons. The largest absolute Gasteiger partial charge is 0.502 e. The van der Waals surface area contributed by atoms with E-state index in [1.54, 1.807) is 30.3 Å². The molecule has 4 N–H and O–H groups in total. The van der Waals surface area contributed by atoms with Gasteiger partial charge in [0.05, 0.1) is 5.92 Å². The Hall–Kier alpha value is -3.39. The topological polar surface area (TPSA) is 136 Å². The van der Waals surface area contributed by atoms with E-state index >= 15 is 0 Å². The normalized spacial score (nSPS) is 12.2. The summed E-state index contributed by atoms with van der Waals surface area (Å²) >= 11 is 0. The van der Waals surface area contributed by atoms with Crippen LogP contribution in [0.25, 0.3) is 10.9 Å². The fraction of sp³-hybridized carbons (Fsp3) is 0.211. The monoisotopic (exact) mass is 370 g/mol. The van der Waals surface area contributed by atoms with Crippen molar-refractivity contribution in [3.05, 3.63) is 74.1 Å². The third-order valence-electron chi connectivity index (χ3n) is 4.17. The number of hydrogen-bond donors (Lipinski definition) is 3. The summed E-state index contributed by atoms with van der Waals surface area (Å²) < 4.78 is 10.5. The zero-order valence-electron chi connectivity index (χ0n) is 14.5. The zero-order chi connectivity index (χ0) is 19.6. The number of amides is 1. The first-order valence-corrected chi connectivity index (χ1v) is 8.15. The SMILES string of the molecule is COCc1cc(=O)c(O)c([C@@H](CC(N)=O)c2cc3ccccc3[nH]c2=O)o1. The second-order valence-electron chi connectivity index (χ2n) is 6.09. The fourth-order valence-electron chi connectivity index (χ4n) is 2.97. The molecule has 1 atom stereocenters. The fourth-order valence-corrected chi connectivity index (χ4v) is 2.97. The van der Waals surface area contributed by atoms with E-state index in [9.17, 15) is 19.5 Å². The predicted octanol–water partition coefficient (Wildman–Crippen LogP) is 1.34. The van der Waals surface area contributed by atoms with Crippen molar-refractivity contribution in [2.75, 3.05) is 7.11 Å². The van der Waals surface area contributed by atoms with Gasteiger partial charge in [-0.3, -0.25) is 14.4 Å². The van der Waals surface area contributed by atoms with Crippen LogP contribution in [0.3, 0.4) is 0 Å². The van der Waals surface area contributed by atoms with E-state index in [4.69, 9.17) is 14.9 Å². The lowest BCUT2D eigenvalue weighted by Gasteiger charge is -2.17. The van der Waals surface area contributed by atoms with E-state index in [1.807, 2.05) is 0 Å². The molecule has 0 saturated heterocycles. The van der Waals surface area contributed by atoms with E-state index in [2.05, 4.69) is 4.98 Å². The van der Waals surface area contributed by atoms with Crippen molar-refractivity contribution >= 4 is 16.8 Å². The van der Waals surface area contributed by atoms with Crippen LogP contribution in [0, 0.1) is 0 Å². The molecular weight excluding hydrogens is 352 g/mol. The number of nitrogens with two attached hydrogens (primary N) is 1. The van der Waals surface area contributed by atoms with Gasteiger partial charge in [-0.1, -0.05) is 18.2 Å². The lowest BCUT2D eigenvalue weighted by Crippen LogP contribution is -2.23. The number of hydrogen-bond acceptors (Lipinski definition) is 6. The van der Waals surface area contributed by atoms with E-state index < -0.39 is 28.6 Å². The Morgan fingerprint density at radius 2 is 2.04 bits per heavy atom. The number of carbonyl (C=O) groups is 1. The van der Waals surface area contributed by atoms with E-state index in [-0.39, 0.29) is 30.1 Å². The van der Waals surface area contributed by atoms with Gasteiger partial charge in [0, 0.05) is 30.7 Å². The average Bonchev–Trinajstić information content (AvgIpc) is 2.62. The van der Waals surface area contributed by atoms with Crippen molar-refractivity contribution in [1.29, 1.82) is 0 Å². The van der Waals surface area contributed by atoms with Gasteiger partial charge in [-0.2, -0.15) is 0 Å². The molecule has 8 heteroatoms. The number of aromatic amines is 1.